The summed E-state index contributed by atoms with van der Waals surface area (Å²) in [5, 5.41) is 1.07. The molecular formula is C12H14F3N3O. The normalized spacial score (nSPS) is 17.3. The predicted octanol–water partition coefficient (Wildman–Crippen LogP) is 1.93. The van der Waals surface area contributed by atoms with Crippen molar-refractivity contribution in [2.45, 2.75) is 19.1 Å². The Balaban J connectivity index is 1.88. The Morgan fingerprint density at radius 2 is 2.00 bits per heavy atom. The number of carbonyl (C=O) groups is 1. The molecule has 2 rings (SSSR count). The summed E-state index contributed by atoms with van der Waals surface area (Å²) >= 11 is 0. The standard InChI is InChI=1S/C12H14F3N3O/c13-12(14,15)17-11(19)9-4-7-18(8-5-9)10-3-1-2-6-16-10/h1-3,6,9H,4-5,7-8H2,(H,17,19). The maximum Gasteiger partial charge on any atom is 0.484 e. The molecule has 1 saturated heterocycles. The van der Waals surface area contributed by atoms with Gasteiger partial charge in [0, 0.05) is 25.2 Å². The molecule has 0 aliphatic carbocycles. The van der Waals surface area contributed by atoms with Crippen molar-refractivity contribution in [2.24, 2.45) is 5.92 Å². The van der Waals surface area contributed by atoms with E-state index in [1.165, 1.54) is 0 Å². The molecule has 0 unspecified atom stereocenters. The van der Waals surface area contributed by atoms with Gasteiger partial charge in [0.1, 0.15) is 5.82 Å². The lowest BCUT2D eigenvalue weighted by Crippen LogP contribution is -2.45. The molecule has 1 fully saturated rings. The van der Waals surface area contributed by atoms with Crippen LogP contribution in [-0.2, 0) is 4.79 Å². The predicted molar refractivity (Wildman–Crippen MR) is 63.4 cm³/mol. The van der Waals surface area contributed by atoms with Gasteiger partial charge in [-0.1, -0.05) is 6.07 Å². The third-order valence-corrected chi connectivity index (χ3v) is 3.10. The van der Waals surface area contributed by atoms with Gasteiger partial charge in [0.15, 0.2) is 0 Å². The van der Waals surface area contributed by atoms with Crippen molar-refractivity contribution in [1.82, 2.24) is 10.3 Å². The number of nitrogens with zero attached hydrogens (tertiary/aromatic N) is 2. The summed E-state index contributed by atoms with van der Waals surface area (Å²) in [7, 11) is 0. The van der Waals surface area contributed by atoms with Gasteiger partial charge in [-0.05, 0) is 25.0 Å². The Hall–Kier alpha value is -1.79. The molecule has 1 aliphatic heterocycles. The largest absolute Gasteiger partial charge is 0.484 e. The third kappa shape index (κ3) is 3.84. The lowest BCUT2D eigenvalue weighted by Gasteiger charge is -2.32. The Labute approximate surface area is 108 Å². The first-order chi connectivity index (χ1) is 8.96. The highest BCUT2D eigenvalue weighted by molar-refractivity contribution is 5.79. The van der Waals surface area contributed by atoms with Gasteiger partial charge >= 0.3 is 6.30 Å². The number of hydrogen-bond acceptors (Lipinski definition) is 3. The Kier molecular flexibility index (Phi) is 3.92. The van der Waals surface area contributed by atoms with Crippen molar-refractivity contribution in [2.75, 3.05) is 18.0 Å². The van der Waals surface area contributed by atoms with Crippen LogP contribution >= 0.6 is 0 Å². The summed E-state index contributed by atoms with van der Waals surface area (Å²) < 4.78 is 36.2. The quantitative estimate of drug-likeness (QED) is 0.837. The van der Waals surface area contributed by atoms with Crippen LogP contribution in [0.3, 0.4) is 0 Å². The van der Waals surface area contributed by atoms with Gasteiger partial charge < -0.3 is 4.90 Å². The fraction of sp³-hybridized carbons (Fsp3) is 0.500. The highest BCUT2D eigenvalue weighted by atomic mass is 19.4. The van der Waals surface area contributed by atoms with E-state index >= 15 is 0 Å². The van der Waals surface area contributed by atoms with E-state index in [2.05, 4.69) is 4.98 Å². The van der Waals surface area contributed by atoms with Gasteiger partial charge in [-0.15, -0.1) is 0 Å². The van der Waals surface area contributed by atoms with E-state index in [1.807, 2.05) is 17.0 Å². The minimum Gasteiger partial charge on any atom is -0.357 e. The van der Waals surface area contributed by atoms with Gasteiger partial charge in [-0.2, -0.15) is 13.2 Å². The molecule has 0 radical (unpaired) electrons. The van der Waals surface area contributed by atoms with Crippen LogP contribution in [0.5, 0.6) is 0 Å². The zero-order valence-corrected chi connectivity index (χ0v) is 10.2. The zero-order chi connectivity index (χ0) is 13.9. The fourth-order valence-electron chi connectivity index (χ4n) is 2.15. The van der Waals surface area contributed by atoms with E-state index in [4.69, 9.17) is 0 Å². The molecule has 1 aromatic rings. The molecule has 104 valence electrons. The molecule has 0 bridgehead atoms. The van der Waals surface area contributed by atoms with Gasteiger partial charge in [-0.3, -0.25) is 10.1 Å². The molecule has 1 N–H and O–H groups in total. The Morgan fingerprint density at radius 3 is 2.53 bits per heavy atom. The van der Waals surface area contributed by atoms with Gasteiger partial charge in [0.2, 0.25) is 5.91 Å². The lowest BCUT2D eigenvalue weighted by molar-refractivity contribution is -0.172. The number of aromatic nitrogens is 1. The number of piperidine rings is 1. The lowest BCUT2D eigenvalue weighted by atomic mass is 9.96. The van der Waals surface area contributed by atoms with Crippen LogP contribution in [0.2, 0.25) is 0 Å². The van der Waals surface area contributed by atoms with Crippen molar-refractivity contribution in [3.63, 3.8) is 0 Å². The molecule has 1 amide bonds. The maximum absolute atomic E-state index is 12.1. The highest BCUT2D eigenvalue weighted by Crippen LogP contribution is 2.22. The molecule has 1 aliphatic rings. The number of rotatable bonds is 2. The number of pyridine rings is 1. The zero-order valence-electron chi connectivity index (χ0n) is 10.2. The van der Waals surface area contributed by atoms with Crippen LogP contribution < -0.4 is 10.2 Å². The molecule has 0 atom stereocenters. The first-order valence-corrected chi connectivity index (χ1v) is 6.00. The van der Waals surface area contributed by atoms with Gasteiger partial charge in [0.25, 0.3) is 0 Å². The van der Waals surface area contributed by atoms with Crippen molar-refractivity contribution in [3.8, 4) is 0 Å². The number of alkyl halides is 3. The fourth-order valence-corrected chi connectivity index (χ4v) is 2.15. The number of anilines is 1. The second-order valence-corrected chi connectivity index (χ2v) is 4.44. The molecule has 0 saturated carbocycles. The first-order valence-electron chi connectivity index (χ1n) is 6.00. The summed E-state index contributed by atoms with van der Waals surface area (Å²) in [6, 6.07) is 5.49. The third-order valence-electron chi connectivity index (χ3n) is 3.10. The van der Waals surface area contributed by atoms with Crippen molar-refractivity contribution in [3.05, 3.63) is 24.4 Å². The van der Waals surface area contributed by atoms with Crippen LogP contribution in [-0.4, -0.2) is 30.3 Å². The van der Waals surface area contributed by atoms with Crippen LogP contribution in [0.4, 0.5) is 19.0 Å². The molecule has 0 spiro atoms. The Morgan fingerprint density at radius 1 is 1.32 bits per heavy atom. The summed E-state index contributed by atoms with van der Waals surface area (Å²) in [4.78, 5) is 17.5. The van der Waals surface area contributed by atoms with E-state index in [0.29, 0.717) is 25.9 Å². The molecular weight excluding hydrogens is 259 g/mol. The van der Waals surface area contributed by atoms with Gasteiger partial charge in [0.05, 0.1) is 0 Å². The van der Waals surface area contributed by atoms with Gasteiger partial charge in [-0.25, -0.2) is 4.98 Å². The Bertz CT molecular complexity index is 428. The van der Waals surface area contributed by atoms with E-state index in [0.717, 1.165) is 11.1 Å². The van der Waals surface area contributed by atoms with E-state index in [9.17, 15) is 18.0 Å². The SMILES string of the molecule is O=C(NC(F)(F)F)C1CCN(c2ccccn2)CC1. The summed E-state index contributed by atoms with van der Waals surface area (Å²) in [6.07, 6.45) is -2.18. The van der Waals surface area contributed by atoms with Crippen LogP contribution in [0.25, 0.3) is 0 Å². The number of halogens is 3. The van der Waals surface area contributed by atoms with Crippen molar-refractivity contribution >= 4 is 11.7 Å². The van der Waals surface area contributed by atoms with E-state index in [-0.39, 0.29) is 0 Å². The summed E-state index contributed by atoms with van der Waals surface area (Å²) in [5.41, 5.74) is 0. The van der Waals surface area contributed by atoms with Crippen LogP contribution in [0.1, 0.15) is 12.8 Å². The molecule has 19 heavy (non-hydrogen) atoms. The second-order valence-electron chi connectivity index (χ2n) is 4.44. The first kappa shape index (κ1) is 13.6. The number of amides is 1. The number of hydrogen-bond donors (Lipinski definition) is 1. The molecule has 1 aromatic heterocycles. The molecule has 4 nitrogen and oxygen atoms in total. The topological polar surface area (TPSA) is 45.2 Å². The highest BCUT2D eigenvalue weighted by Gasteiger charge is 2.34. The van der Waals surface area contributed by atoms with Crippen LogP contribution in [0.15, 0.2) is 24.4 Å². The van der Waals surface area contributed by atoms with Crippen molar-refractivity contribution < 1.29 is 18.0 Å². The summed E-state index contributed by atoms with van der Waals surface area (Å²) in [6.45, 7) is 1.07. The van der Waals surface area contributed by atoms with Crippen LogP contribution in [0, 0.1) is 5.92 Å². The smallest absolute Gasteiger partial charge is 0.357 e. The molecule has 0 aromatic carbocycles. The maximum atomic E-state index is 12.1. The van der Waals surface area contributed by atoms with Crippen molar-refractivity contribution in [1.29, 1.82) is 0 Å². The van der Waals surface area contributed by atoms with E-state index in [1.54, 1.807) is 12.3 Å². The van der Waals surface area contributed by atoms with E-state index < -0.39 is 18.1 Å². The average Bonchev–Trinajstić information content (AvgIpc) is 2.38. The molecule has 7 heteroatoms. The average molecular weight is 273 g/mol. The number of carbonyl (C=O) groups excluding carboxylic acids is 1. The summed E-state index contributed by atoms with van der Waals surface area (Å²) in [5.74, 6) is -0.730. The molecule has 2 heterocycles. The minimum atomic E-state index is -4.64. The monoisotopic (exact) mass is 273 g/mol. The second kappa shape index (κ2) is 5.46. The number of nitrogens with one attached hydrogen (secondary N) is 1. The minimum absolute atomic E-state index is 0.401.